The van der Waals surface area contributed by atoms with Gasteiger partial charge in [-0.15, -0.1) is 10.2 Å². The third kappa shape index (κ3) is 2.90. The molecule has 1 aliphatic rings. The lowest BCUT2D eigenvalue weighted by Crippen LogP contribution is -2.33. The SMILES string of the molecule is O=C(O)/C=C/c1ccc(N2CCn3cnnc3C2)cc1Cl. The highest BCUT2D eigenvalue weighted by molar-refractivity contribution is 6.32. The van der Waals surface area contributed by atoms with Crippen molar-refractivity contribution >= 4 is 29.3 Å². The smallest absolute Gasteiger partial charge is 0.328 e. The summed E-state index contributed by atoms with van der Waals surface area (Å²) >= 11 is 6.21. The van der Waals surface area contributed by atoms with Crippen molar-refractivity contribution in [2.75, 3.05) is 11.4 Å². The lowest BCUT2D eigenvalue weighted by atomic mass is 10.1. The van der Waals surface area contributed by atoms with Gasteiger partial charge in [-0.1, -0.05) is 17.7 Å². The molecule has 108 valence electrons. The van der Waals surface area contributed by atoms with Crippen molar-refractivity contribution in [2.45, 2.75) is 13.1 Å². The molecular formula is C14H13ClN4O2. The zero-order valence-corrected chi connectivity index (χ0v) is 11.9. The average molecular weight is 305 g/mol. The van der Waals surface area contributed by atoms with Crippen LogP contribution in [-0.4, -0.2) is 32.4 Å². The molecule has 1 aliphatic heterocycles. The third-order valence-corrected chi connectivity index (χ3v) is 3.72. The number of carboxylic acids is 1. The number of rotatable bonds is 3. The van der Waals surface area contributed by atoms with Crippen LogP contribution in [0.15, 0.2) is 30.6 Å². The van der Waals surface area contributed by atoms with Gasteiger partial charge in [-0.05, 0) is 23.8 Å². The third-order valence-electron chi connectivity index (χ3n) is 3.39. The van der Waals surface area contributed by atoms with Crippen LogP contribution in [0.3, 0.4) is 0 Å². The Labute approximate surface area is 126 Å². The van der Waals surface area contributed by atoms with Crippen molar-refractivity contribution < 1.29 is 9.90 Å². The van der Waals surface area contributed by atoms with E-state index in [1.165, 1.54) is 6.08 Å². The molecule has 1 N–H and O–H groups in total. The van der Waals surface area contributed by atoms with Gasteiger partial charge in [0.15, 0.2) is 5.82 Å². The second-order valence-electron chi connectivity index (χ2n) is 4.74. The van der Waals surface area contributed by atoms with E-state index in [2.05, 4.69) is 15.1 Å². The topological polar surface area (TPSA) is 71.2 Å². The Hall–Kier alpha value is -2.34. The van der Waals surface area contributed by atoms with Gasteiger partial charge in [-0.3, -0.25) is 0 Å². The standard InChI is InChI=1S/C14H13ClN4O2/c15-12-7-11(3-1-10(12)2-4-14(20)21)18-5-6-19-9-16-17-13(19)8-18/h1-4,7,9H,5-6,8H2,(H,20,21)/b4-2+. The van der Waals surface area contributed by atoms with Gasteiger partial charge in [0.25, 0.3) is 0 Å². The van der Waals surface area contributed by atoms with Gasteiger partial charge < -0.3 is 14.6 Å². The molecule has 0 aliphatic carbocycles. The zero-order valence-electron chi connectivity index (χ0n) is 11.1. The van der Waals surface area contributed by atoms with Crippen molar-refractivity contribution in [3.05, 3.63) is 47.0 Å². The predicted octanol–water partition coefficient (Wildman–Crippen LogP) is 2.05. The van der Waals surface area contributed by atoms with Crippen LogP contribution in [0.1, 0.15) is 11.4 Å². The lowest BCUT2D eigenvalue weighted by molar-refractivity contribution is -0.131. The first-order valence-electron chi connectivity index (χ1n) is 6.45. The van der Waals surface area contributed by atoms with E-state index in [9.17, 15) is 4.79 Å². The summed E-state index contributed by atoms with van der Waals surface area (Å²) in [5, 5.41) is 17.2. The summed E-state index contributed by atoms with van der Waals surface area (Å²) in [6.07, 6.45) is 4.30. The molecule has 0 saturated carbocycles. The van der Waals surface area contributed by atoms with E-state index in [0.29, 0.717) is 17.1 Å². The molecule has 3 rings (SSSR count). The maximum absolute atomic E-state index is 10.5. The fourth-order valence-corrected chi connectivity index (χ4v) is 2.53. The number of hydrogen-bond donors (Lipinski definition) is 1. The molecule has 0 bridgehead atoms. The highest BCUT2D eigenvalue weighted by atomic mass is 35.5. The Morgan fingerprint density at radius 3 is 3.00 bits per heavy atom. The Kier molecular flexibility index (Phi) is 3.62. The fourth-order valence-electron chi connectivity index (χ4n) is 2.30. The summed E-state index contributed by atoms with van der Waals surface area (Å²) < 4.78 is 2.03. The van der Waals surface area contributed by atoms with Crippen molar-refractivity contribution in [2.24, 2.45) is 0 Å². The molecule has 0 spiro atoms. The van der Waals surface area contributed by atoms with Crippen molar-refractivity contribution in [1.29, 1.82) is 0 Å². The van der Waals surface area contributed by atoms with Crippen molar-refractivity contribution in [3.63, 3.8) is 0 Å². The van der Waals surface area contributed by atoms with E-state index in [0.717, 1.165) is 30.7 Å². The second kappa shape index (κ2) is 5.57. The molecule has 0 radical (unpaired) electrons. The van der Waals surface area contributed by atoms with Crippen LogP contribution in [0.5, 0.6) is 0 Å². The fraction of sp³-hybridized carbons (Fsp3) is 0.214. The molecule has 0 amide bonds. The first kappa shape index (κ1) is 13.6. The zero-order chi connectivity index (χ0) is 14.8. The van der Waals surface area contributed by atoms with Crippen LogP contribution >= 0.6 is 11.6 Å². The van der Waals surface area contributed by atoms with Crippen LogP contribution in [0.2, 0.25) is 5.02 Å². The maximum Gasteiger partial charge on any atom is 0.328 e. The van der Waals surface area contributed by atoms with E-state index in [1.807, 2.05) is 22.8 Å². The highest BCUT2D eigenvalue weighted by Gasteiger charge is 2.18. The van der Waals surface area contributed by atoms with Gasteiger partial charge >= 0.3 is 5.97 Å². The van der Waals surface area contributed by atoms with Gasteiger partial charge in [0.2, 0.25) is 0 Å². The predicted molar refractivity (Wildman–Crippen MR) is 79.2 cm³/mol. The Morgan fingerprint density at radius 1 is 1.38 bits per heavy atom. The molecule has 21 heavy (non-hydrogen) atoms. The van der Waals surface area contributed by atoms with Gasteiger partial charge in [0.1, 0.15) is 6.33 Å². The summed E-state index contributed by atoms with van der Waals surface area (Å²) in [5.74, 6) is -0.0715. The Balaban J connectivity index is 1.81. The van der Waals surface area contributed by atoms with Gasteiger partial charge in [-0.25, -0.2) is 4.79 Å². The minimum absolute atomic E-state index is 0.525. The van der Waals surface area contributed by atoms with Crippen molar-refractivity contribution in [3.8, 4) is 0 Å². The quantitative estimate of drug-likeness (QED) is 0.879. The number of carbonyl (C=O) groups is 1. The normalized spacial score (nSPS) is 14.4. The monoisotopic (exact) mass is 304 g/mol. The number of aromatic nitrogens is 3. The van der Waals surface area contributed by atoms with Crippen LogP contribution in [0.4, 0.5) is 5.69 Å². The second-order valence-corrected chi connectivity index (χ2v) is 5.15. The van der Waals surface area contributed by atoms with Crippen LogP contribution in [-0.2, 0) is 17.9 Å². The summed E-state index contributed by atoms with van der Waals surface area (Å²) in [4.78, 5) is 12.7. The molecule has 6 nitrogen and oxygen atoms in total. The molecule has 0 fully saturated rings. The minimum atomic E-state index is -0.995. The molecule has 0 atom stereocenters. The molecule has 1 aromatic heterocycles. The van der Waals surface area contributed by atoms with Crippen LogP contribution in [0.25, 0.3) is 6.08 Å². The van der Waals surface area contributed by atoms with E-state index in [-0.39, 0.29) is 0 Å². The average Bonchev–Trinajstić information content (AvgIpc) is 2.93. The van der Waals surface area contributed by atoms with Crippen LogP contribution < -0.4 is 4.90 Å². The molecule has 2 aromatic rings. The molecule has 0 unspecified atom stereocenters. The molecule has 0 saturated heterocycles. The summed E-state index contributed by atoms with van der Waals surface area (Å²) in [5.41, 5.74) is 1.67. The van der Waals surface area contributed by atoms with Crippen molar-refractivity contribution in [1.82, 2.24) is 14.8 Å². The Bertz CT molecular complexity index is 711. The first-order valence-corrected chi connectivity index (χ1v) is 6.83. The number of benzene rings is 1. The van der Waals surface area contributed by atoms with E-state index in [4.69, 9.17) is 16.7 Å². The van der Waals surface area contributed by atoms with E-state index in [1.54, 1.807) is 6.33 Å². The van der Waals surface area contributed by atoms with Gasteiger partial charge in [0, 0.05) is 29.9 Å². The number of nitrogens with zero attached hydrogens (tertiary/aromatic N) is 4. The molecule has 7 heteroatoms. The molecule has 2 heterocycles. The Morgan fingerprint density at radius 2 is 2.24 bits per heavy atom. The van der Waals surface area contributed by atoms with Gasteiger partial charge in [-0.2, -0.15) is 0 Å². The van der Waals surface area contributed by atoms with Gasteiger partial charge in [0.05, 0.1) is 6.54 Å². The maximum atomic E-state index is 10.5. The largest absolute Gasteiger partial charge is 0.478 e. The number of carboxylic acid groups (broad SMARTS) is 1. The number of halogens is 1. The summed E-state index contributed by atoms with van der Waals surface area (Å²) in [6.45, 7) is 2.37. The first-order chi connectivity index (χ1) is 10.1. The number of anilines is 1. The number of fused-ring (bicyclic) bond motifs is 1. The summed E-state index contributed by atoms with van der Waals surface area (Å²) in [6, 6.07) is 5.59. The van der Waals surface area contributed by atoms with E-state index >= 15 is 0 Å². The lowest BCUT2D eigenvalue weighted by Gasteiger charge is -2.29. The number of aliphatic carboxylic acids is 1. The minimum Gasteiger partial charge on any atom is -0.478 e. The summed E-state index contributed by atoms with van der Waals surface area (Å²) in [7, 11) is 0. The number of hydrogen-bond acceptors (Lipinski definition) is 4. The van der Waals surface area contributed by atoms with E-state index < -0.39 is 5.97 Å². The van der Waals surface area contributed by atoms with Crippen LogP contribution in [0, 0.1) is 0 Å². The highest BCUT2D eigenvalue weighted by Crippen LogP contribution is 2.26. The molecular weight excluding hydrogens is 292 g/mol. The molecule has 1 aromatic carbocycles.